The van der Waals surface area contributed by atoms with Gasteiger partial charge in [-0.25, -0.2) is 9.18 Å². The summed E-state index contributed by atoms with van der Waals surface area (Å²) < 4.78 is 16.2. The normalized spacial score (nSPS) is 10.8. The second kappa shape index (κ2) is 7.32. The average molecular weight is 345 g/mol. The zero-order valence-electron chi connectivity index (χ0n) is 14.6. The van der Waals surface area contributed by atoms with Crippen molar-refractivity contribution in [3.8, 4) is 6.07 Å². The summed E-state index contributed by atoms with van der Waals surface area (Å²) in [7, 11) is 6.49. The van der Waals surface area contributed by atoms with Crippen LogP contribution >= 0.6 is 0 Å². The third kappa shape index (κ3) is 3.78. The van der Waals surface area contributed by atoms with Crippen LogP contribution in [0.15, 0.2) is 27.8 Å². The molecule has 1 N–H and O–H groups in total. The zero-order valence-corrected chi connectivity index (χ0v) is 14.6. The van der Waals surface area contributed by atoms with E-state index in [0.717, 1.165) is 4.57 Å². The molecule has 8 heteroatoms. The van der Waals surface area contributed by atoms with E-state index in [1.807, 2.05) is 25.1 Å². The Balaban J connectivity index is 2.31. The number of aromatic nitrogens is 2. The minimum absolute atomic E-state index is 0.119. The molecule has 0 spiro atoms. The van der Waals surface area contributed by atoms with Crippen LogP contribution in [0.5, 0.6) is 0 Å². The first-order valence-corrected chi connectivity index (χ1v) is 7.62. The smallest absolute Gasteiger partial charge is 0.332 e. The van der Waals surface area contributed by atoms with Crippen molar-refractivity contribution < 1.29 is 4.39 Å². The summed E-state index contributed by atoms with van der Waals surface area (Å²) in [5, 5.41) is 12.1. The van der Waals surface area contributed by atoms with Crippen molar-refractivity contribution in [3.63, 3.8) is 0 Å². The van der Waals surface area contributed by atoms with Crippen molar-refractivity contribution >= 4 is 5.82 Å². The quantitative estimate of drug-likeness (QED) is 0.865. The average Bonchev–Trinajstić information content (AvgIpc) is 2.57. The van der Waals surface area contributed by atoms with Crippen LogP contribution in [0.4, 0.5) is 10.2 Å². The van der Waals surface area contributed by atoms with Gasteiger partial charge in [0.15, 0.2) is 5.56 Å². The van der Waals surface area contributed by atoms with Crippen molar-refractivity contribution in [2.24, 2.45) is 14.1 Å². The highest BCUT2D eigenvalue weighted by Crippen LogP contribution is 2.14. The summed E-state index contributed by atoms with van der Waals surface area (Å²) in [4.78, 5) is 25.9. The van der Waals surface area contributed by atoms with Gasteiger partial charge in [0.05, 0.1) is 0 Å². The van der Waals surface area contributed by atoms with E-state index in [4.69, 9.17) is 0 Å². The summed E-state index contributed by atoms with van der Waals surface area (Å²) in [5.41, 5.74) is -0.154. The Labute approximate surface area is 144 Å². The molecular formula is C17H20FN5O2. The van der Waals surface area contributed by atoms with Gasteiger partial charge in [0.25, 0.3) is 5.56 Å². The summed E-state index contributed by atoms with van der Waals surface area (Å²) in [6.07, 6.45) is 0. The summed E-state index contributed by atoms with van der Waals surface area (Å²) >= 11 is 0. The van der Waals surface area contributed by atoms with Crippen LogP contribution in [0, 0.1) is 17.1 Å². The van der Waals surface area contributed by atoms with Gasteiger partial charge in [0.2, 0.25) is 0 Å². The minimum Gasteiger partial charge on any atom is -0.366 e. The summed E-state index contributed by atoms with van der Waals surface area (Å²) in [6, 6.07) is 6.67. The summed E-state index contributed by atoms with van der Waals surface area (Å²) in [5.74, 6) is -0.209. The Hall–Kier alpha value is -2.92. The van der Waals surface area contributed by atoms with Crippen LogP contribution < -0.4 is 16.6 Å². The fourth-order valence-electron chi connectivity index (χ4n) is 2.51. The molecule has 0 aliphatic heterocycles. The van der Waals surface area contributed by atoms with Crippen molar-refractivity contribution in [2.45, 2.75) is 13.1 Å². The van der Waals surface area contributed by atoms with Crippen molar-refractivity contribution in [1.29, 1.82) is 5.26 Å². The number of rotatable bonds is 5. The van der Waals surface area contributed by atoms with Gasteiger partial charge < -0.3 is 10.2 Å². The molecule has 0 fully saturated rings. The first kappa shape index (κ1) is 18.4. The molecule has 0 amide bonds. The minimum atomic E-state index is -0.666. The first-order chi connectivity index (χ1) is 11.8. The first-order valence-electron chi connectivity index (χ1n) is 7.62. The summed E-state index contributed by atoms with van der Waals surface area (Å²) in [6.45, 7) is 0.662. The van der Waals surface area contributed by atoms with E-state index in [1.54, 1.807) is 12.1 Å². The van der Waals surface area contributed by atoms with Gasteiger partial charge in [0.1, 0.15) is 17.7 Å². The van der Waals surface area contributed by atoms with Gasteiger partial charge in [-0.05, 0) is 25.7 Å². The molecule has 0 aliphatic carbocycles. The van der Waals surface area contributed by atoms with E-state index >= 15 is 0 Å². The third-order valence-corrected chi connectivity index (χ3v) is 3.84. The van der Waals surface area contributed by atoms with Crippen LogP contribution in [0.3, 0.4) is 0 Å². The van der Waals surface area contributed by atoms with Crippen molar-refractivity contribution in [3.05, 3.63) is 61.5 Å². The van der Waals surface area contributed by atoms with E-state index < -0.39 is 11.2 Å². The Kier molecular flexibility index (Phi) is 5.39. The Bertz CT molecular complexity index is 953. The molecule has 25 heavy (non-hydrogen) atoms. The molecule has 1 heterocycles. The number of benzene rings is 1. The fourth-order valence-corrected chi connectivity index (χ4v) is 2.51. The highest BCUT2D eigenvalue weighted by atomic mass is 19.1. The predicted molar refractivity (Wildman–Crippen MR) is 92.8 cm³/mol. The van der Waals surface area contributed by atoms with Crippen molar-refractivity contribution in [1.82, 2.24) is 14.0 Å². The van der Waals surface area contributed by atoms with Gasteiger partial charge in [-0.2, -0.15) is 5.26 Å². The standard InChI is InChI=1S/C17H20FN5O2/c1-21(2)10-12-6-5-11(7-14(12)18)9-20-15-13(8-19)16(24)23(4)17(25)22(15)3/h5-7,20H,9-10H2,1-4H3. The molecule has 0 saturated carbocycles. The number of nitriles is 1. The molecule has 0 aliphatic rings. The third-order valence-electron chi connectivity index (χ3n) is 3.84. The topological polar surface area (TPSA) is 83.1 Å². The fraction of sp³-hybridized carbons (Fsp3) is 0.353. The molecule has 7 nitrogen and oxygen atoms in total. The second-order valence-electron chi connectivity index (χ2n) is 6.06. The van der Waals surface area contributed by atoms with Gasteiger partial charge in [-0.3, -0.25) is 13.9 Å². The molecule has 1 aromatic heterocycles. The van der Waals surface area contributed by atoms with Crippen molar-refractivity contribution in [2.75, 3.05) is 19.4 Å². The van der Waals surface area contributed by atoms with Crippen LogP contribution in [0.25, 0.3) is 0 Å². The van der Waals surface area contributed by atoms with Gasteiger partial charge >= 0.3 is 5.69 Å². The molecular weight excluding hydrogens is 325 g/mol. The molecule has 2 rings (SSSR count). The van der Waals surface area contributed by atoms with E-state index in [1.165, 1.54) is 24.7 Å². The maximum atomic E-state index is 14.1. The number of anilines is 1. The molecule has 0 radical (unpaired) electrons. The van der Waals surface area contributed by atoms with Crippen LogP contribution in [0.2, 0.25) is 0 Å². The number of halogens is 1. The lowest BCUT2D eigenvalue weighted by molar-refractivity contribution is 0.392. The largest absolute Gasteiger partial charge is 0.366 e. The van der Waals surface area contributed by atoms with Crippen LogP contribution in [-0.4, -0.2) is 28.1 Å². The maximum Gasteiger partial charge on any atom is 0.332 e. The predicted octanol–water partition coefficient (Wildman–Crippen LogP) is 0.768. The lowest BCUT2D eigenvalue weighted by Gasteiger charge is -2.15. The number of nitrogens with one attached hydrogen (secondary N) is 1. The van der Waals surface area contributed by atoms with E-state index in [9.17, 15) is 19.2 Å². The Morgan fingerprint density at radius 3 is 2.48 bits per heavy atom. The molecule has 0 bridgehead atoms. The van der Waals surface area contributed by atoms with E-state index in [-0.39, 0.29) is 23.7 Å². The highest BCUT2D eigenvalue weighted by Gasteiger charge is 2.15. The van der Waals surface area contributed by atoms with E-state index in [0.29, 0.717) is 17.7 Å². The number of hydrogen-bond acceptors (Lipinski definition) is 5. The highest BCUT2D eigenvalue weighted by molar-refractivity contribution is 5.51. The molecule has 1 aromatic carbocycles. The van der Waals surface area contributed by atoms with Gasteiger partial charge in [0, 0.05) is 32.7 Å². The SMILES string of the molecule is CN(C)Cc1ccc(CNc2c(C#N)c(=O)n(C)c(=O)n2C)cc1F. The van der Waals surface area contributed by atoms with Crippen LogP contribution in [-0.2, 0) is 27.2 Å². The lowest BCUT2D eigenvalue weighted by atomic mass is 10.1. The number of hydrogen-bond donors (Lipinski definition) is 1. The van der Waals surface area contributed by atoms with Gasteiger partial charge in [-0.1, -0.05) is 12.1 Å². The monoisotopic (exact) mass is 345 g/mol. The maximum absolute atomic E-state index is 14.1. The number of nitrogens with zero attached hydrogens (tertiary/aromatic N) is 4. The molecule has 0 saturated heterocycles. The molecule has 132 valence electrons. The lowest BCUT2D eigenvalue weighted by Crippen LogP contribution is -2.39. The van der Waals surface area contributed by atoms with Crippen LogP contribution in [0.1, 0.15) is 16.7 Å². The van der Waals surface area contributed by atoms with Gasteiger partial charge in [-0.15, -0.1) is 0 Å². The second-order valence-corrected chi connectivity index (χ2v) is 6.06. The Morgan fingerprint density at radius 1 is 1.24 bits per heavy atom. The zero-order chi connectivity index (χ0) is 18.7. The molecule has 0 atom stereocenters. The Morgan fingerprint density at radius 2 is 1.92 bits per heavy atom. The molecule has 0 unspecified atom stereocenters. The molecule has 2 aromatic rings. The van der Waals surface area contributed by atoms with E-state index in [2.05, 4.69) is 5.32 Å².